The minimum Gasteiger partial charge on any atom is -0.493 e. The van der Waals surface area contributed by atoms with E-state index >= 15 is 0 Å². The number of amides is 1. The summed E-state index contributed by atoms with van der Waals surface area (Å²) in [6.07, 6.45) is -0.0847. The summed E-state index contributed by atoms with van der Waals surface area (Å²) in [5.74, 6) is -2.06. The van der Waals surface area contributed by atoms with Crippen molar-refractivity contribution in [1.82, 2.24) is 9.78 Å². The maximum absolute atomic E-state index is 14.4. The molecule has 1 aromatic heterocycles. The Bertz CT molecular complexity index is 1210. The Kier molecular flexibility index (Phi) is 5.18. The number of ether oxygens (including phenoxy) is 2. The maximum atomic E-state index is 14.4. The van der Waals surface area contributed by atoms with Gasteiger partial charge in [-0.05, 0) is 37.3 Å². The molecular weight excluding hydrogens is 408 g/mol. The van der Waals surface area contributed by atoms with Gasteiger partial charge in [0.1, 0.15) is 17.3 Å². The smallest absolute Gasteiger partial charge is 0.226 e. The predicted octanol–water partition coefficient (Wildman–Crippen LogP) is 3.78. The van der Waals surface area contributed by atoms with E-state index in [1.54, 1.807) is 25.1 Å². The lowest BCUT2D eigenvalue weighted by Gasteiger charge is -2.23. The molecule has 1 aliphatic rings. The van der Waals surface area contributed by atoms with E-state index < -0.39 is 23.5 Å². The highest BCUT2D eigenvalue weighted by molar-refractivity contribution is 6.08. The number of fused-ring (bicyclic) bond motifs is 1. The molecule has 0 aliphatic carbocycles. The topological polar surface area (TPSA) is 82.5 Å². The Labute approximate surface area is 176 Å². The van der Waals surface area contributed by atoms with Crippen LogP contribution in [0.2, 0.25) is 0 Å². The third-order valence-corrected chi connectivity index (χ3v) is 5.22. The van der Waals surface area contributed by atoms with Crippen molar-refractivity contribution < 1.29 is 27.8 Å². The molecule has 160 valence electrons. The molecule has 0 radical (unpaired) electrons. The highest BCUT2D eigenvalue weighted by Gasteiger charge is 2.37. The van der Waals surface area contributed by atoms with Crippen LogP contribution in [0.25, 0.3) is 5.69 Å². The van der Waals surface area contributed by atoms with Crippen LogP contribution in [-0.4, -0.2) is 35.7 Å². The molecule has 7 nitrogen and oxygen atoms in total. The standard InChI is InChI=1S/C22H19F2N3O4/c1-11-20-14(21(29)12-4-7-17(30-2)18(8-12)31-3)10-19(28)25-22(20)27(26-11)16-6-5-13(23)9-15(16)24/h4-9,14H,10H2,1-3H3,(H,25,28). The molecule has 1 unspecified atom stereocenters. The number of carbonyl (C=O) groups excluding carboxylic acids is 2. The zero-order valence-corrected chi connectivity index (χ0v) is 17.0. The molecule has 3 aromatic rings. The molecule has 0 fully saturated rings. The monoisotopic (exact) mass is 427 g/mol. The van der Waals surface area contributed by atoms with Crippen LogP contribution >= 0.6 is 0 Å². The summed E-state index contributed by atoms with van der Waals surface area (Å²) in [6, 6.07) is 7.81. The average molecular weight is 427 g/mol. The highest BCUT2D eigenvalue weighted by Crippen LogP contribution is 2.39. The molecule has 0 bridgehead atoms. The van der Waals surface area contributed by atoms with Gasteiger partial charge in [0.15, 0.2) is 23.1 Å². The number of aromatic nitrogens is 2. The first-order chi connectivity index (χ1) is 14.8. The first-order valence-corrected chi connectivity index (χ1v) is 9.45. The van der Waals surface area contributed by atoms with Crippen molar-refractivity contribution in [3.63, 3.8) is 0 Å². The van der Waals surface area contributed by atoms with Crippen LogP contribution in [-0.2, 0) is 4.79 Å². The number of Topliss-reactive ketones (excluding diaryl/α,β-unsaturated/α-hetero) is 1. The molecule has 2 aromatic carbocycles. The maximum Gasteiger partial charge on any atom is 0.226 e. The van der Waals surface area contributed by atoms with E-state index in [2.05, 4.69) is 10.4 Å². The van der Waals surface area contributed by atoms with Crippen LogP contribution in [0.4, 0.5) is 14.6 Å². The largest absolute Gasteiger partial charge is 0.493 e. The molecule has 4 rings (SSSR count). The third-order valence-electron chi connectivity index (χ3n) is 5.22. The minimum absolute atomic E-state index is 0.0368. The van der Waals surface area contributed by atoms with Crippen molar-refractivity contribution in [3.8, 4) is 17.2 Å². The molecule has 9 heteroatoms. The van der Waals surface area contributed by atoms with Gasteiger partial charge in [-0.25, -0.2) is 13.5 Å². The van der Waals surface area contributed by atoms with Gasteiger partial charge >= 0.3 is 0 Å². The summed E-state index contributed by atoms with van der Waals surface area (Å²) in [5.41, 5.74) is 1.24. The molecule has 1 aliphatic heterocycles. The third kappa shape index (κ3) is 3.52. The first kappa shape index (κ1) is 20.5. The number of hydrogen-bond acceptors (Lipinski definition) is 5. The Balaban J connectivity index is 1.81. The van der Waals surface area contributed by atoms with Gasteiger partial charge in [-0.1, -0.05) is 0 Å². The summed E-state index contributed by atoms with van der Waals surface area (Å²) in [4.78, 5) is 25.8. The number of rotatable bonds is 5. The van der Waals surface area contributed by atoms with Crippen LogP contribution in [0.1, 0.15) is 34.0 Å². The summed E-state index contributed by atoms with van der Waals surface area (Å²) in [7, 11) is 2.95. The van der Waals surface area contributed by atoms with Gasteiger partial charge in [-0.3, -0.25) is 9.59 Å². The number of nitrogens with zero attached hydrogens (tertiary/aromatic N) is 2. The van der Waals surface area contributed by atoms with Gasteiger partial charge < -0.3 is 14.8 Å². The molecular formula is C22H19F2N3O4. The first-order valence-electron chi connectivity index (χ1n) is 9.45. The van der Waals surface area contributed by atoms with E-state index in [9.17, 15) is 18.4 Å². The lowest BCUT2D eigenvalue weighted by molar-refractivity contribution is -0.116. The van der Waals surface area contributed by atoms with Gasteiger partial charge in [0.25, 0.3) is 0 Å². The van der Waals surface area contributed by atoms with E-state index in [1.807, 2.05) is 0 Å². The molecule has 2 heterocycles. The molecule has 0 saturated carbocycles. The van der Waals surface area contributed by atoms with Crippen LogP contribution in [0.5, 0.6) is 11.5 Å². The quantitative estimate of drug-likeness (QED) is 0.627. The second-order valence-electron chi connectivity index (χ2n) is 7.09. The molecule has 0 saturated heterocycles. The van der Waals surface area contributed by atoms with Crippen molar-refractivity contribution in [2.45, 2.75) is 19.3 Å². The molecule has 0 spiro atoms. The van der Waals surface area contributed by atoms with Crippen molar-refractivity contribution >= 4 is 17.5 Å². The van der Waals surface area contributed by atoms with Crippen LogP contribution in [0.3, 0.4) is 0 Å². The van der Waals surface area contributed by atoms with Crippen LogP contribution < -0.4 is 14.8 Å². The van der Waals surface area contributed by atoms with Crippen molar-refractivity contribution in [1.29, 1.82) is 0 Å². The van der Waals surface area contributed by atoms with E-state index in [4.69, 9.17) is 9.47 Å². The number of nitrogens with one attached hydrogen (secondary N) is 1. The van der Waals surface area contributed by atoms with E-state index in [0.29, 0.717) is 28.3 Å². The van der Waals surface area contributed by atoms with Crippen molar-refractivity contribution in [2.75, 3.05) is 19.5 Å². The number of methoxy groups -OCH3 is 2. The molecule has 1 atom stereocenters. The summed E-state index contributed by atoms with van der Waals surface area (Å²) in [6.45, 7) is 1.67. The second kappa shape index (κ2) is 7.82. The number of hydrogen-bond donors (Lipinski definition) is 1. The molecule has 1 N–H and O–H groups in total. The summed E-state index contributed by atoms with van der Waals surface area (Å²) >= 11 is 0. The van der Waals surface area contributed by atoms with Crippen molar-refractivity contribution in [3.05, 3.63) is 64.9 Å². The van der Waals surface area contributed by atoms with Crippen molar-refractivity contribution in [2.24, 2.45) is 0 Å². The van der Waals surface area contributed by atoms with E-state index in [0.717, 1.165) is 12.1 Å². The SMILES string of the molecule is COc1ccc(C(=O)C2CC(=O)Nc3c2c(C)nn3-c2ccc(F)cc2F)cc1OC. The van der Waals surface area contributed by atoms with Crippen LogP contribution in [0.15, 0.2) is 36.4 Å². The number of benzene rings is 2. The normalized spacial score (nSPS) is 15.3. The van der Waals surface area contributed by atoms with Gasteiger partial charge in [-0.2, -0.15) is 5.10 Å². The van der Waals surface area contributed by atoms with Gasteiger partial charge in [0.2, 0.25) is 5.91 Å². The highest BCUT2D eigenvalue weighted by atomic mass is 19.1. The zero-order chi connectivity index (χ0) is 22.3. The lowest BCUT2D eigenvalue weighted by Crippen LogP contribution is -2.28. The predicted molar refractivity (Wildman–Crippen MR) is 108 cm³/mol. The van der Waals surface area contributed by atoms with E-state index in [1.165, 1.54) is 25.0 Å². The summed E-state index contributed by atoms with van der Waals surface area (Å²) < 4.78 is 39.4. The number of carbonyl (C=O) groups is 2. The number of halogens is 2. The van der Waals surface area contributed by atoms with Gasteiger partial charge in [0, 0.05) is 23.6 Å². The van der Waals surface area contributed by atoms with E-state index in [-0.39, 0.29) is 23.7 Å². The fraction of sp³-hybridized carbons (Fsp3) is 0.227. The summed E-state index contributed by atoms with van der Waals surface area (Å²) in [5, 5.41) is 6.99. The Morgan fingerprint density at radius 2 is 1.87 bits per heavy atom. The Hall–Kier alpha value is -3.75. The lowest BCUT2D eigenvalue weighted by atomic mass is 9.85. The Morgan fingerprint density at radius 3 is 2.55 bits per heavy atom. The molecule has 31 heavy (non-hydrogen) atoms. The van der Waals surface area contributed by atoms with Crippen LogP contribution in [0, 0.1) is 18.6 Å². The fourth-order valence-corrected chi connectivity index (χ4v) is 3.79. The number of anilines is 1. The Morgan fingerprint density at radius 1 is 1.13 bits per heavy atom. The fourth-order valence-electron chi connectivity index (χ4n) is 3.79. The number of aryl methyl sites for hydroxylation is 1. The zero-order valence-electron chi connectivity index (χ0n) is 17.0. The minimum atomic E-state index is -0.840. The average Bonchev–Trinajstić information content (AvgIpc) is 3.08. The second-order valence-corrected chi connectivity index (χ2v) is 7.09. The number of ketones is 1. The van der Waals surface area contributed by atoms with Gasteiger partial charge in [0.05, 0.1) is 25.8 Å². The van der Waals surface area contributed by atoms with Gasteiger partial charge in [-0.15, -0.1) is 0 Å². The molecule has 1 amide bonds.